The molecular formula is C19H24N2O5S. The average Bonchev–Trinajstić information content (AvgIpc) is 2.70. The van der Waals surface area contributed by atoms with E-state index in [9.17, 15) is 13.2 Å². The highest BCUT2D eigenvalue weighted by Gasteiger charge is 2.24. The average molecular weight is 392 g/mol. The van der Waals surface area contributed by atoms with E-state index in [-0.39, 0.29) is 11.4 Å². The highest BCUT2D eigenvalue weighted by atomic mass is 32.2. The largest absolute Gasteiger partial charge is 0.497 e. The first-order valence-corrected chi connectivity index (χ1v) is 9.95. The van der Waals surface area contributed by atoms with E-state index in [0.717, 1.165) is 5.56 Å². The minimum atomic E-state index is -3.83. The molecule has 0 spiro atoms. The van der Waals surface area contributed by atoms with Gasteiger partial charge in [-0.05, 0) is 36.8 Å². The van der Waals surface area contributed by atoms with Crippen molar-refractivity contribution in [3.05, 3.63) is 54.1 Å². The number of benzene rings is 2. The third-order valence-corrected chi connectivity index (χ3v) is 5.53. The van der Waals surface area contributed by atoms with Crippen LogP contribution in [0.5, 0.6) is 11.5 Å². The fourth-order valence-electron chi connectivity index (χ4n) is 2.49. The van der Waals surface area contributed by atoms with Crippen molar-refractivity contribution in [1.82, 2.24) is 10.0 Å². The molecule has 0 aliphatic rings. The van der Waals surface area contributed by atoms with Crippen molar-refractivity contribution in [3.8, 4) is 11.5 Å². The summed E-state index contributed by atoms with van der Waals surface area (Å²) in [6, 6.07) is 12.4. The van der Waals surface area contributed by atoms with Crippen molar-refractivity contribution in [1.29, 1.82) is 0 Å². The lowest BCUT2D eigenvalue weighted by Gasteiger charge is -2.17. The predicted octanol–water partition coefficient (Wildman–Crippen LogP) is 2.08. The summed E-state index contributed by atoms with van der Waals surface area (Å²) >= 11 is 0. The fraction of sp³-hybridized carbons (Fsp3) is 0.316. The van der Waals surface area contributed by atoms with Gasteiger partial charge in [-0.1, -0.05) is 25.1 Å². The van der Waals surface area contributed by atoms with Crippen LogP contribution in [0.3, 0.4) is 0 Å². The Morgan fingerprint density at radius 1 is 1.04 bits per heavy atom. The SMILES string of the molecule is CCC(NS(=O)(=O)c1ccc(OC)cc1)C(=O)NCc1ccccc1OC. The van der Waals surface area contributed by atoms with Gasteiger partial charge in [-0.15, -0.1) is 0 Å². The van der Waals surface area contributed by atoms with Crippen LogP contribution in [0, 0.1) is 0 Å². The molecule has 0 saturated heterocycles. The quantitative estimate of drug-likeness (QED) is 0.681. The van der Waals surface area contributed by atoms with E-state index in [1.54, 1.807) is 32.2 Å². The Morgan fingerprint density at radius 2 is 1.70 bits per heavy atom. The molecule has 27 heavy (non-hydrogen) atoms. The van der Waals surface area contributed by atoms with Crippen LogP contribution in [0.4, 0.5) is 0 Å². The van der Waals surface area contributed by atoms with Crippen LogP contribution >= 0.6 is 0 Å². The van der Waals surface area contributed by atoms with E-state index in [2.05, 4.69) is 10.0 Å². The van der Waals surface area contributed by atoms with Gasteiger partial charge in [0.1, 0.15) is 17.5 Å². The lowest BCUT2D eigenvalue weighted by molar-refractivity contribution is -0.122. The molecule has 7 nitrogen and oxygen atoms in total. The zero-order valence-corrected chi connectivity index (χ0v) is 16.4. The molecule has 0 heterocycles. The van der Waals surface area contributed by atoms with Gasteiger partial charge in [0, 0.05) is 12.1 Å². The number of sulfonamides is 1. The van der Waals surface area contributed by atoms with E-state index in [1.807, 2.05) is 18.2 Å². The summed E-state index contributed by atoms with van der Waals surface area (Å²) in [5.41, 5.74) is 0.807. The molecule has 0 radical (unpaired) electrons. The van der Waals surface area contributed by atoms with Crippen LogP contribution in [0.15, 0.2) is 53.4 Å². The predicted molar refractivity (Wildman–Crippen MR) is 102 cm³/mol. The van der Waals surface area contributed by atoms with E-state index in [0.29, 0.717) is 17.9 Å². The molecule has 0 bridgehead atoms. The zero-order valence-electron chi connectivity index (χ0n) is 15.6. The van der Waals surface area contributed by atoms with Crippen LogP contribution in [0.25, 0.3) is 0 Å². The molecule has 8 heteroatoms. The second-order valence-corrected chi connectivity index (χ2v) is 7.50. The lowest BCUT2D eigenvalue weighted by atomic mass is 10.2. The molecule has 0 aliphatic carbocycles. The van der Waals surface area contributed by atoms with Crippen LogP contribution in [-0.2, 0) is 21.4 Å². The van der Waals surface area contributed by atoms with Gasteiger partial charge < -0.3 is 14.8 Å². The number of amides is 1. The van der Waals surface area contributed by atoms with Crippen LogP contribution in [0.2, 0.25) is 0 Å². The molecule has 1 atom stereocenters. The molecular weight excluding hydrogens is 368 g/mol. The molecule has 0 fully saturated rings. The second-order valence-electron chi connectivity index (χ2n) is 5.79. The summed E-state index contributed by atoms with van der Waals surface area (Å²) in [5.74, 6) is 0.806. The smallest absolute Gasteiger partial charge is 0.241 e. The minimum absolute atomic E-state index is 0.0688. The molecule has 0 saturated carbocycles. The first kappa shape index (κ1) is 20.7. The van der Waals surface area contributed by atoms with Gasteiger partial charge in [0.15, 0.2) is 0 Å². The Morgan fingerprint density at radius 3 is 2.30 bits per heavy atom. The summed E-state index contributed by atoms with van der Waals surface area (Å²) in [4.78, 5) is 12.5. The Balaban J connectivity index is 2.05. The Kier molecular flexibility index (Phi) is 7.20. The fourth-order valence-corrected chi connectivity index (χ4v) is 3.77. The molecule has 2 N–H and O–H groups in total. The van der Waals surface area contributed by atoms with Crippen LogP contribution < -0.4 is 19.5 Å². The lowest BCUT2D eigenvalue weighted by Crippen LogP contribution is -2.46. The highest BCUT2D eigenvalue weighted by molar-refractivity contribution is 7.89. The third-order valence-electron chi connectivity index (χ3n) is 4.04. The van der Waals surface area contributed by atoms with E-state index >= 15 is 0 Å². The van der Waals surface area contributed by atoms with Gasteiger partial charge in [0.2, 0.25) is 15.9 Å². The number of rotatable bonds is 9. The summed E-state index contributed by atoms with van der Waals surface area (Å²) < 4.78 is 37.8. The van der Waals surface area contributed by atoms with Gasteiger partial charge >= 0.3 is 0 Å². The van der Waals surface area contributed by atoms with Crippen LogP contribution in [-0.4, -0.2) is 34.6 Å². The van der Waals surface area contributed by atoms with Crippen LogP contribution in [0.1, 0.15) is 18.9 Å². The number of hydrogen-bond acceptors (Lipinski definition) is 5. The molecule has 0 aromatic heterocycles. The van der Waals surface area contributed by atoms with Gasteiger partial charge in [0.25, 0.3) is 0 Å². The number of methoxy groups -OCH3 is 2. The van der Waals surface area contributed by atoms with Crippen molar-refractivity contribution in [2.45, 2.75) is 30.8 Å². The van der Waals surface area contributed by atoms with Crippen molar-refractivity contribution in [3.63, 3.8) is 0 Å². The molecule has 2 aromatic carbocycles. The monoisotopic (exact) mass is 392 g/mol. The number of hydrogen-bond donors (Lipinski definition) is 2. The molecule has 0 aliphatic heterocycles. The summed E-state index contributed by atoms with van der Waals surface area (Å²) in [7, 11) is -0.773. The number of carbonyl (C=O) groups excluding carboxylic acids is 1. The first-order chi connectivity index (χ1) is 12.9. The Hall–Kier alpha value is -2.58. The summed E-state index contributed by atoms with van der Waals surface area (Å²) in [6.45, 7) is 1.98. The highest BCUT2D eigenvalue weighted by Crippen LogP contribution is 2.18. The molecule has 1 unspecified atom stereocenters. The number of carbonyl (C=O) groups is 1. The van der Waals surface area contributed by atoms with Gasteiger partial charge in [-0.2, -0.15) is 4.72 Å². The van der Waals surface area contributed by atoms with Crippen molar-refractivity contribution < 1.29 is 22.7 Å². The van der Waals surface area contributed by atoms with Crippen molar-refractivity contribution in [2.24, 2.45) is 0 Å². The number of nitrogens with one attached hydrogen (secondary N) is 2. The Bertz CT molecular complexity index is 866. The molecule has 2 aromatic rings. The van der Waals surface area contributed by atoms with E-state index in [1.165, 1.54) is 19.2 Å². The second kappa shape index (κ2) is 9.38. The molecule has 2 rings (SSSR count). The van der Waals surface area contributed by atoms with Crippen molar-refractivity contribution >= 4 is 15.9 Å². The first-order valence-electron chi connectivity index (χ1n) is 8.47. The molecule has 146 valence electrons. The molecule has 1 amide bonds. The standard InChI is InChI=1S/C19H24N2O5S/c1-4-17(19(22)20-13-14-7-5-6-8-18(14)26-3)21-27(23,24)16-11-9-15(25-2)10-12-16/h5-12,17,21H,4,13H2,1-3H3,(H,20,22). The number of para-hydroxylation sites is 1. The summed E-state index contributed by atoms with van der Waals surface area (Å²) in [5, 5.41) is 2.75. The maximum Gasteiger partial charge on any atom is 0.241 e. The maximum atomic E-state index is 12.5. The van der Waals surface area contributed by atoms with Gasteiger partial charge in [-0.3, -0.25) is 4.79 Å². The zero-order chi connectivity index (χ0) is 19.9. The maximum absolute atomic E-state index is 12.5. The third kappa shape index (κ3) is 5.45. The number of ether oxygens (including phenoxy) is 2. The van der Waals surface area contributed by atoms with E-state index < -0.39 is 22.0 Å². The van der Waals surface area contributed by atoms with Gasteiger partial charge in [0.05, 0.1) is 19.1 Å². The van der Waals surface area contributed by atoms with Gasteiger partial charge in [-0.25, -0.2) is 8.42 Å². The van der Waals surface area contributed by atoms with Crippen molar-refractivity contribution in [2.75, 3.05) is 14.2 Å². The normalized spacial score (nSPS) is 12.3. The Labute approximate surface area is 159 Å². The topological polar surface area (TPSA) is 93.7 Å². The van der Waals surface area contributed by atoms with E-state index in [4.69, 9.17) is 9.47 Å². The summed E-state index contributed by atoms with van der Waals surface area (Å²) in [6.07, 6.45) is 0.313. The minimum Gasteiger partial charge on any atom is -0.497 e.